The van der Waals surface area contributed by atoms with E-state index in [-0.39, 0.29) is 29.9 Å². The van der Waals surface area contributed by atoms with E-state index in [1.54, 1.807) is 7.05 Å². The third-order valence-electron chi connectivity index (χ3n) is 5.49. The second-order valence-corrected chi connectivity index (χ2v) is 8.21. The second-order valence-electron chi connectivity index (χ2n) is 7.26. The fourth-order valence-corrected chi connectivity index (χ4v) is 4.39. The summed E-state index contributed by atoms with van der Waals surface area (Å²) in [6.45, 7) is 10.5. The van der Waals surface area contributed by atoms with Crippen molar-refractivity contribution in [2.24, 2.45) is 10.9 Å². The molecule has 2 heterocycles. The van der Waals surface area contributed by atoms with Crippen LogP contribution in [-0.4, -0.2) is 75.8 Å². The highest BCUT2D eigenvalue weighted by Crippen LogP contribution is 2.19. The number of nitrogens with zero attached hydrogens (tertiary/aromatic N) is 2. The molecule has 0 bridgehead atoms. The summed E-state index contributed by atoms with van der Waals surface area (Å²) in [6, 6.07) is 4.22. The first kappa shape index (κ1) is 27.1. The molecule has 1 aliphatic heterocycles. The summed E-state index contributed by atoms with van der Waals surface area (Å²) in [5.74, 6) is 1.48. The molecular weight excluding hydrogens is 513 g/mol. The van der Waals surface area contributed by atoms with Gasteiger partial charge in [0.25, 0.3) is 5.91 Å². The molecule has 2 rings (SSSR count). The van der Waals surface area contributed by atoms with Gasteiger partial charge in [-0.1, -0.05) is 32.8 Å². The number of amides is 1. The first-order valence-corrected chi connectivity index (χ1v) is 11.7. The zero-order valence-electron chi connectivity index (χ0n) is 18.5. The quantitative estimate of drug-likeness (QED) is 0.171. The van der Waals surface area contributed by atoms with Crippen molar-refractivity contribution >= 4 is 47.2 Å². The molecule has 1 unspecified atom stereocenters. The number of morpholine rings is 1. The molecule has 0 aromatic carbocycles. The number of rotatable bonds is 11. The molecule has 1 aliphatic rings. The van der Waals surface area contributed by atoms with E-state index in [9.17, 15) is 4.79 Å². The minimum Gasteiger partial charge on any atom is -0.379 e. The fourth-order valence-electron chi connectivity index (χ4n) is 3.75. The molecule has 1 fully saturated rings. The van der Waals surface area contributed by atoms with Crippen LogP contribution in [0.4, 0.5) is 0 Å². The summed E-state index contributed by atoms with van der Waals surface area (Å²) in [4.78, 5) is 19.6. The maximum Gasteiger partial charge on any atom is 0.261 e. The van der Waals surface area contributed by atoms with Gasteiger partial charge in [-0.25, -0.2) is 0 Å². The van der Waals surface area contributed by atoms with Crippen molar-refractivity contribution in [2.45, 2.75) is 39.2 Å². The van der Waals surface area contributed by atoms with E-state index in [4.69, 9.17) is 4.74 Å². The molecular formula is C21H38IN5O2S. The predicted molar refractivity (Wildman–Crippen MR) is 136 cm³/mol. The smallest absolute Gasteiger partial charge is 0.261 e. The van der Waals surface area contributed by atoms with E-state index in [1.165, 1.54) is 24.2 Å². The lowest BCUT2D eigenvalue weighted by molar-refractivity contribution is 0.00272. The average molecular weight is 552 g/mol. The van der Waals surface area contributed by atoms with Crippen LogP contribution in [-0.2, 0) is 4.74 Å². The zero-order chi connectivity index (χ0) is 20.9. The first-order valence-electron chi connectivity index (χ1n) is 10.8. The van der Waals surface area contributed by atoms with Gasteiger partial charge in [0.1, 0.15) is 0 Å². The highest BCUT2D eigenvalue weighted by molar-refractivity contribution is 14.0. The van der Waals surface area contributed by atoms with Gasteiger partial charge < -0.3 is 20.7 Å². The van der Waals surface area contributed by atoms with Crippen molar-refractivity contribution in [3.05, 3.63) is 22.4 Å². The molecule has 30 heavy (non-hydrogen) atoms. The van der Waals surface area contributed by atoms with Gasteiger partial charge in [0, 0.05) is 45.8 Å². The first-order chi connectivity index (χ1) is 14.2. The summed E-state index contributed by atoms with van der Waals surface area (Å²) in [7, 11) is 1.80. The third kappa shape index (κ3) is 9.07. The Kier molecular flexibility index (Phi) is 14.3. The number of nitrogens with one attached hydrogen (secondary N) is 3. The van der Waals surface area contributed by atoms with Gasteiger partial charge in [-0.15, -0.1) is 35.3 Å². The van der Waals surface area contributed by atoms with Crippen LogP contribution in [0.25, 0.3) is 0 Å². The third-order valence-corrected chi connectivity index (χ3v) is 6.36. The Morgan fingerprint density at radius 1 is 1.20 bits per heavy atom. The molecule has 172 valence electrons. The lowest BCUT2D eigenvalue weighted by Crippen LogP contribution is -2.53. The topological polar surface area (TPSA) is 78.0 Å². The molecule has 3 N–H and O–H groups in total. The Hall–Kier alpha value is -0.910. The Labute approximate surface area is 202 Å². The summed E-state index contributed by atoms with van der Waals surface area (Å²) in [6.07, 6.45) is 3.20. The van der Waals surface area contributed by atoms with Gasteiger partial charge in [-0.05, 0) is 23.8 Å². The highest BCUT2D eigenvalue weighted by atomic mass is 127. The zero-order valence-corrected chi connectivity index (χ0v) is 21.6. The number of carbonyl (C=O) groups is 1. The molecule has 0 aliphatic carbocycles. The van der Waals surface area contributed by atoms with Crippen molar-refractivity contribution in [2.75, 3.05) is 53.0 Å². The van der Waals surface area contributed by atoms with Crippen molar-refractivity contribution in [3.63, 3.8) is 0 Å². The molecule has 0 radical (unpaired) electrons. The van der Waals surface area contributed by atoms with Crippen LogP contribution >= 0.6 is 35.3 Å². The molecule has 1 atom stereocenters. The predicted octanol–water partition coefficient (Wildman–Crippen LogP) is 2.79. The van der Waals surface area contributed by atoms with E-state index in [1.807, 2.05) is 17.5 Å². The number of aliphatic imine (C=N–C) groups is 1. The lowest BCUT2D eigenvalue weighted by atomic mass is 9.92. The van der Waals surface area contributed by atoms with Gasteiger partial charge >= 0.3 is 0 Å². The molecule has 0 spiro atoms. The van der Waals surface area contributed by atoms with E-state index >= 15 is 0 Å². The number of thiophene rings is 1. The van der Waals surface area contributed by atoms with E-state index in [2.05, 4.69) is 39.7 Å². The number of guanidine groups is 1. The van der Waals surface area contributed by atoms with Crippen LogP contribution < -0.4 is 16.0 Å². The van der Waals surface area contributed by atoms with Crippen molar-refractivity contribution in [1.82, 2.24) is 20.9 Å². The maximum absolute atomic E-state index is 11.9. The molecule has 1 aromatic heterocycles. The fraction of sp³-hybridized carbons (Fsp3) is 0.714. The maximum atomic E-state index is 11.9. The summed E-state index contributed by atoms with van der Waals surface area (Å²) in [5.41, 5.74) is 0. The van der Waals surface area contributed by atoms with Crippen molar-refractivity contribution in [3.8, 4) is 0 Å². The van der Waals surface area contributed by atoms with E-state index in [0.717, 1.165) is 56.7 Å². The average Bonchev–Trinajstić information content (AvgIpc) is 3.30. The SMILES string of the molecule is CCC(CC)C(CNC(=NC)NCCCNC(=O)c1cccs1)N1CCOCC1.I. The van der Waals surface area contributed by atoms with Crippen molar-refractivity contribution in [1.29, 1.82) is 0 Å². The van der Waals surface area contributed by atoms with Gasteiger partial charge in [0.05, 0.1) is 18.1 Å². The normalized spacial score (nSPS) is 16.1. The Bertz CT molecular complexity index is 605. The Morgan fingerprint density at radius 2 is 1.90 bits per heavy atom. The summed E-state index contributed by atoms with van der Waals surface area (Å²) >= 11 is 1.46. The van der Waals surface area contributed by atoms with Crippen LogP contribution in [0, 0.1) is 5.92 Å². The van der Waals surface area contributed by atoms with Crippen LogP contribution in [0.3, 0.4) is 0 Å². The number of hydrogen-bond acceptors (Lipinski definition) is 5. The molecule has 0 saturated carbocycles. The molecule has 1 saturated heterocycles. The lowest BCUT2D eigenvalue weighted by Gasteiger charge is -2.39. The van der Waals surface area contributed by atoms with Gasteiger partial charge in [-0.2, -0.15) is 0 Å². The van der Waals surface area contributed by atoms with Crippen LogP contribution in [0.15, 0.2) is 22.5 Å². The van der Waals surface area contributed by atoms with Gasteiger partial charge in [-0.3, -0.25) is 14.7 Å². The molecule has 7 nitrogen and oxygen atoms in total. The largest absolute Gasteiger partial charge is 0.379 e. The van der Waals surface area contributed by atoms with Crippen LogP contribution in [0.2, 0.25) is 0 Å². The van der Waals surface area contributed by atoms with Crippen LogP contribution in [0.5, 0.6) is 0 Å². The number of carbonyl (C=O) groups excluding carboxylic acids is 1. The molecule has 1 aromatic rings. The van der Waals surface area contributed by atoms with E-state index in [0.29, 0.717) is 18.5 Å². The highest BCUT2D eigenvalue weighted by Gasteiger charge is 2.26. The molecule has 9 heteroatoms. The molecule has 1 amide bonds. The van der Waals surface area contributed by atoms with Crippen LogP contribution in [0.1, 0.15) is 42.8 Å². The summed E-state index contributed by atoms with van der Waals surface area (Å²) < 4.78 is 5.53. The monoisotopic (exact) mass is 551 g/mol. The number of hydrogen-bond donors (Lipinski definition) is 3. The Balaban J connectivity index is 0.00000450. The van der Waals surface area contributed by atoms with Gasteiger partial charge in [0.2, 0.25) is 0 Å². The summed E-state index contributed by atoms with van der Waals surface area (Å²) in [5, 5.41) is 11.7. The number of ether oxygens (including phenoxy) is 1. The van der Waals surface area contributed by atoms with Crippen molar-refractivity contribution < 1.29 is 9.53 Å². The Morgan fingerprint density at radius 3 is 2.50 bits per heavy atom. The second kappa shape index (κ2) is 15.8. The minimum atomic E-state index is 0. The van der Waals surface area contributed by atoms with Gasteiger partial charge in [0.15, 0.2) is 5.96 Å². The minimum absolute atomic E-state index is 0. The standard InChI is InChI=1S/C21H37N5O2S.HI/c1-4-17(5-2)18(26-11-13-28-14-12-26)16-25-21(22-3)24-10-7-9-23-20(27)19-8-6-15-29-19;/h6,8,15,17-18H,4-5,7,9-14,16H2,1-3H3,(H,23,27)(H2,22,24,25);1H. The number of halogens is 1. The van der Waals surface area contributed by atoms with E-state index < -0.39 is 0 Å².